The van der Waals surface area contributed by atoms with Crippen LogP contribution in [0.5, 0.6) is 0 Å². The van der Waals surface area contributed by atoms with Gasteiger partial charge in [-0.05, 0) is 57.4 Å². The van der Waals surface area contributed by atoms with Crippen LogP contribution in [0.25, 0.3) is 10.2 Å². The van der Waals surface area contributed by atoms with Crippen LogP contribution in [0.1, 0.15) is 42.5 Å². The number of aromatic nitrogens is 2. The largest absolute Gasteiger partial charge is 0.367 e. The quantitative estimate of drug-likeness (QED) is 0.926. The number of thiophene rings is 1. The van der Waals surface area contributed by atoms with Crippen LogP contribution in [0.2, 0.25) is 0 Å². The maximum absolute atomic E-state index is 4.69. The number of nitrogens with zero attached hydrogens (tertiary/aromatic N) is 2. The second-order valence-corrected chi connectivity index (χ2v) is 7.01. The van der Waals surface area contributed by atoms with Gasteiger partial charge in [-0.25, -0.2) is 9.97 Å². The number of hydrogen-bond donors (Lipinski definition) is 1. The van der Waals surface area contributed by atoms with Crippen molar-refractivity contribution in [3.8, 4) is 0 Å². The lowest BCUT2D eigenvalue weighted by molar-refractivity contribution is 0.691. The van der Waals surface area contributed by atoms with Gasteiger partial charge in [0, 0.05) is 10.9 Å². The molecule has 19 heavy (non-hydrogen) atoms. The number of hydrogen-bond acceptors (Lipinski definition) is 4. The molecule has 2 heterocycles. The Morgan fingerprint density at radius 1 is 1.26 bits per heavy atom. The SMILES string of the molecule is Cc1nc(NC(C)C2CC2)c2c3c(sc2n1)CCC3. The summed E-state index contributed by atoms with van der Waals surface area (Å²) in [5.74, 6) is 2.82. The number of aryl methyl sites for hydroxylation is 3. The summed E-state index contributed by atoms with van der Waals surface area (Å²) in [6.07, 6.45) is 6.45. The lowest BCUT2D eigenvalue weighted by Crippen LogP contribution is -2.18. The van der Waals surface area contributed by atoms with E-state index in [1.54, 1.807) is 0 Å². The minimum Gasteiger partial charge on any atom is -0.367 e. The second-order valence-electron chi connectivity index (χ2n) is 5.93. The van der Waals surface area contributed by atoms with Crippen molar-refractivity contribution in [2.24, 2.45) is 5.92 Å². The molecular formula is C15H19N3S. The molecule has 2 aromatic rings. The lowest BCUT2D eigenvalue weighted by atomic mass is 10.1. The van der Waals surface area contributed by atoms with Crippen molar-refractivity contribution in [2.45, 2.75) is 52.0 Å². The Labute approximate surface area is 117 Å². The highest BCUT2D eigenvalue weighted by molar-refractivity contribution is 7.19. The molecule has 0 aromatic carbocycles. The molecule has 2 aromatic heterocycles. The summed E-state index contributed by atoms with van der Waals surface area (Å²) in [7, 11) is 0. The van der Waals surface area contributed by atoms with E-state index in [9.17, 15) is 0 Å². The Morgan fingerprint density at radius 3 is 2.89 bits per heavy atom. The summed E-state index contributed by atoms with van der Waals surface area (Å²) >= 11 is 1.87. The van der Waals surface area contributed by atoms with Crippen molar-refractivity contribution in [2.75, 3.05) is 5.32 Å². The zero-order valence-corrected chi connectivity index (χ0v) is 12.3. The Bertz CT molecular complexity index is 642. The summed E-state index contributed by atoms with van der Waals surface area (Å²) < 4.78 is 0. The van der Waals surface area contributed by atoms with E-state index in [0.717, 1.165) is 17.6 Å². The summed E-state index contributed by atoms with van der Waals surface area (Å²) in [6.45, 7) is 4.28. The minimum absolute atomic E-state index is 0.537. The Hall–Kier alpha value is -1.16. The van der Waals surface area contributed by atoms with Gasteiger partial charge in [-0.15, -0.1) is 11.3 Å². The summed E-state index contributed by atoms with van der Waals surface area (Å²) in [5.41, 5.74) is 1.52. The summed E-state index contributed by atoms with van der Waals surface area (Å²) in [6, 6.07) is 0.537. The number of rotatable bonds is 3. The molecular weight excluding hydrogens is 254 g/mol. The van der Waals surface area contributed by atoms with Crippen LogP contribution in [-0.2, 0) is 12.8 Å². The molecule has 2 aliphatic carbocycles. The van der Waals surface area contributed by atoms with Crippen molar-refractivity contribution in [3.05, 3.63) is 16.3 Å². The van der Waals surface area contributed by atoms with Gasteiger partial charge in [-0.3, -0.25) is 0 Å². The first kappa shape index (κ1) is 11.6. The Balaban J connectivity index is 1.82. The van der Waals surface area contributed by atoms with Gasteiger partial charge in [0.25, 0.3) is 0 Å². The van der Waals surface area contributed by atoms with Crippen molar-refractivity contribution in [1.29, 1.82) is 0 Å². The average Bonchev–Trinajstić information content (AvgIpc) is 3.02. The van der Waals surface area contributed by atoms with Crippen LogP contribution >= 0.6 is 11.3 Å². The van der Waals surface area contributed by atoms with Crippen LogP contribution in [0.3, 0.4) is 0 Å². The normalized spacial score (nSPS) is 19.7. The smallest absolute Gasteiger partial charge is 0.139 e. The Morgan fingerprint density at radius 2 is 2.11 bits per heavy atom. The highest BCUT2D eigenvalue weighted by Crippen LogP contribution is 2.41. The zero-order chi connectivity index (χ0) is 13.0. The first-order valence-electron chi connectivity index (χ1n) is 7.28. The van der Waals surface area contributed by atoms with Gasteiger partial charge < -0.3 is 5.32 Å². The van der Waals surface area contributed by atoms with Gasteiger partial charge in [0.1, 0.15) is 16.5 Å². The lowest BCUT2D eigenvalue weighted by Gasteiger charge is -2.15. The van der Waals surface area contributed by atoms with E-state index in [1.165, 1.54) is 52.8 Å². The van der Waals surface area contributed by atoms with Crippen molar-refractivity contribution < 1.29 is 0 Å². The van der Waals surface area contributed by atoms with Crippen LogP contribution in [0.4, 0.5) is 5.82 Å². The maximum Gasteiger partial charge on any atom is 0.139 e. The fraction of sp³-hybridized carbons (Fsp3) is 0.600. The molecule has 1 atom stereocenters. The molecule has 2 aliphatic rings. The van der Waals surface area contributed by atoms with Crippen molar-refractivity contribution in [1.82, 2.24) is 9.97 Å². The third-order valence-electron chi connectivity index (χ3n) is 4.37. The molecule has 1 N–H and O–H groups in total. The van der Waals surface area contributed by atoms with E-state index in [0.29, 0.717) is 6.04 Å². The monoisotopic (exact) mass is 273 g/mol. The minimum atomic E-state index is 0.537. The summed E-state index contributed by atoms with van der Waals surface area (Å²) in [4.78, 5) is 12.0. The highest BCUT2D eigenvalue weighted by atomic mass is 32.1. The average molecular weight is 273 g/mol. The van der Waals surface area contributed by atoms with E-state index < -0.39 is 0 Å². The molecule has 0 amide bonds. The van der Waals surface area contributed by atoms with Gasteiger partial charge in [0.2, 0.25) is 0 Å². The number of anilines is 1. The van der Waals surface area contributed by atoms with Gasteiger partial charge in [0.15, 0.2) is 0 Å². The first-order valence-corrected chi connectivity index (χ1v) is 8.09. The first-order chi connectivity index (χ1) is 9.22. The molecule has 100 valence electrons. The number of nitrogens with one attached hydrogen (secondary N) is 1. The van der Waals surface area contributed by atoms with Crippen molar-refractivity contribution >= 4 is 27.4 Å². The molecule has 0 radical (unpaired) electrons. The van der Waals surface area contributed by atoms with Gasteiger partial charge in [-0.2, -0.15) is 0 Å². The third-order valence-corrected chi connectivity index (χ3v) is 5.56. The molecule has 1 unspecified atom stereocenters. The molecule has 4 rings (SSSR count). The fourth-order valence-corrected chi connectivity index (χ4v) is 4.44. The fourth-order valence-electron chi connectivity index (χ4n) is 3.14. The molecule has 0 bridgehead atoms. The van der Waals surface area contributed by atoms with Gasteiger partial charge >= 0.3 is 0 Å². The van der Waals surface area contributed by atoms with Crippen molar-refractivity contribution in [3.63, 3.8) is 0 Å². The predicted octanol–water partition coefficient (Wildman–Crippen LogP) is 3.70. The van der Waals surface area contributed by atoms with Crippen LogP contribution < -0.4 is 5.32 Å². The number of fused-ring (bicyclic) bond motifs is 3. The highest BCUT2D eigenvalue weighted by Gasteiger charge is 2.29. The molecule has 0 aliphatic heterocycles. The molecule has 0 spiro atoms. The van der Waals surface area contributed by atoms with E-state index in [2.05, 4.69) is 22.2 Å². The molecule has 1 fully saturated rings. The Kier molecular flexibility index (Phi) is 2.56. The topological polar surface area (TPSA) is 37.8 Å². The summed E-state index contributed by atoms with van der Waals surface area (Å²) in [5, 5.41) is 4.97. The molecule has 0 saturated heterocycles. The van der Waals surface area contributed by atoms with E-state index in [1.807, 2.05) is 18.3 Å². The van der Waals surface area contributed by atoms with Crippen LogP contribution in [0.15, 0.2) is 0 Å². The van der Waals surface area contributed by atoms with E-state index >= 15 is 0 Å². The predicted molar refractivity (Wildman–Crippen MR) is 80.0 cm³/mol. The van der Waals surface area contributed by atoms with E-state index in [-0.39, 0.29) is 0 Å². The van der Waals surface area contributed by atoms with Crippen LogP contribution in [-0.4, -0.2) is 16.0 Å². The van der Waals surface area contributed by atoms with Crippen LogP contribution in [0, 0.1) is 12.8 Å². The molecule has 4 heteroatoms. The second kappa shape index (κ2) is 4.17. The van der Waals surface area contributed by atoms with Gasteiger partial charge in [0.05, 0.1) is 5.39 Å². The standard InChI is InChI=1S/C15H19N3S/c1-8(10-6-7-10)16-14-13-11-4-3-5-12(11)19-15(13)18-9(2)17-14/h8,10H,3-7H2,1-2H3,(H,16,17,18). The molecule has 3 nitrogen and oxygen atoms in total. The third kappa shape index (κ3) is 1.93. The zero-order valence-electron chi connectivity index (χ0n) is 11.5. The van der Waals surface area contributed by atoms with Gasteiger partial charge in [-0.1, -0.05) is 0 Å². The maximum atomic E-state index is 4.69. The molecule has 1 saturated carbocycles. The van der Waals surface area contributed by atoms with E-state index in [4.69, 9.17) is 0 Å².